The van der Waals surface area contributed by atoms with Crippen LogP contribution in [0, 0.1) is 0 Å². The van der Waals surface area contributed by atoms with Crippen LogP contribution in [0.4, 0.5) is 0 Å². The average Bonchev–Trinajstić information content (AvgIpc) is 3.03. The number of nitrogens with zero attached hydrogens (tertiary/aromatic N) is 5. The molecule has 1 aliphatic heterocycles. The third-order valence-corrected chi connectivity index (χ3v) is 4.18. The fraction of sp³-hybridized carbons (Fsp3) is 0.375. The second-order valence-electron chi connectivity index (χ2n) is 5.47. The summed E-state index contributed by atoms with van der Waals surface area (Å²) in [6, 6.07) is 4.99. The molecule has 0 saturated carbocycles. The predicted molar refractivity (Wildman–Crippen MR) is 86.2 cm³/mol. The molecule has 0 aliphatic carbocycles. The van der Waals surface area contributed by atoms with Gasteiger partial charge in [-0.3, -0.25) is 4.79 Å². The molecule has 3 rings (SSSR count). The van der Waals surface area contributed by atoms with Gasteiger partial charge in [0.1, 0.15) is 11.8 Å². The Morgan fingerprint density at radius 1 is 1.46 bits per heavy atom. The molecule has 2 aromatic rings. The maximum absolute atomic E-state index is 11.7. The summed E-state index contributed by atoms with van der Waals surface area (Å²) in [5.41, 5.74) is 12.7. The number of fused-ring (bicyclic) bond motifs is 3. The Bertz CT molecular complexity index is 823. The molecule has 1 unspecified atom stereocenters. The van der Waals surface area contributed by atoms with Gasteiger partial charge in [-0.1, -0.05) is 5.11 Å². The minimum Gasteiger partial charge on any atom is -0.497 e. The zero-order valence-electron chi connectivity index (χ0n) is 13.5. The number of carbonyl (C=O) groups is 1. The van der Waals surface area contributed by atoms with Gasteiger partial charge in [0.15, 0.2) is 0 Å². The Balaban J connectivity index is 1.93. The van der Waals surface area contributed by atoms with Gasteiger partial charge in [0, 0.05) is 10.6 Å². The molecule has 0 spiro atoms. The Hall–Kier alpha value is -2.99. The van der Waals surface area contributed by atoms with Crippen molar-refractivity contribution in [1.82, 2.24) is 9.78 Å². The number of ether oxygens (including phenoxy) is 2. The van der Waals surface area contributed by atoms with Crippen molar-refractivity contribution in [1.29, 1.82) is 0 Å². The molecule has 8 heteroatoms. The zero-order valence-corrected chi connectivity index (χ0v) is 13.5. The number of esters is 1. The van der Waals surface area contributed by atoms with Gasteiger partial charge in [-0.15, -0.1) is 0 Å². The molecule has 124 valence electrons. The number of azide groups is 1. The molecule has 0 saturated heterocycles. The van der Waals surface area contributed by atoms with E-state index < -0.39 is 12.0 Å². The van der Waals surface area contributed by atoms with E-state index in [1.54, 1.807) is 13.3 Å². The van der Waals surface area contributed by atoms with Crippen molar-refractivity contribution < 1.29 is 14.3 Å². The normalized spacial score (nSPS) is 13.2. The molecule has 8 nitrogen and oxygen atoms in total. The third kappa shape index (κ3) is 2.79. The van der Waals surface area contributed by atoms with E-state index in [1.165, 1.54) is 7.11 Å². The molecule has 2 heterocycles. The topological polar surface area (TPSA) is 102 Å². The molecule has 0 N–H and O–H groups in total. The highest BCUT2D eigenvalue weighted by molar-refractivity contribution is 5.76. The van der Waals surface area contributed by atoms with Crippen LogP contribution in [0.1, 0.15) is 16.8 Å². The van der Waals surface area contributed by atoms with Crippen LogP contribution >= 0.6 is 0 Å². The first-order valence-electron chi connectivity index (χ1n) is 7.53. The van der Waals surface area contributed by atoms with Gasteiger partial charge in [0.25, 0.3) is 0 Å². The highest BCUT2D eigenvalue weighted by atomic mass is 16.5. The van der Waals surface area contributed by atoms with Gasteiger partial charge in [-0.05, 0) is 54.1 Å². The van der Waals surface area contributed by atoms with Gasteiger partial charge in [-0.2, -0.15) is 5.10 Å². The summed E-state index contributed by atoms with van der Waals surface area (Å²) >= 11 is 0. The number of hydrogen-bond donors (Lipinski definition) is 0. The number of aryl methyl sites for hydroxylation is 1. The molecule has 0 bridgehead atoms. The standard InChI is InChI=1S/C16H17N5O3/c1-23-12-4-6-14-10(7-12)3-5-15-11(9-18-21(14)15)8-13(19-20-17)16(22)24-2/h4,6-7,9,13H,3,5,8H2,1-2H3. The molecule has 0 radical (unpaired) electrons. The van der Waals surface area contributed by atoms with Crippen LogP contribution in [-0.4, -0.2) is 36.0 Å². The van der Waals surface area contributed by atoms with Crippen molar-refractivity contribution >= 4 is 5.97 Å². The van der Waals surface area contributed by atoms with Crippen LogP contribution in [0.3, 0.4) is 0 Å². The second-order valence-corrected chi connectivity index (χ2v) is 5.47. The van der Waals surface area contributed by atoms with Crippen LogP contribution in [0.2, 0.25) is 0 Å². The van der Waals surface area contributed by atoms with E-state index in [0.717, 1.165) is 41.1 Å². The molecular weight excluding hydrogens is 310 g/mol. The molecule has 1 atom stereocenters. The maximum atomic E-state index is 11.7. The van der Waals surface area contributed by atoms with E-state index in [-0.39, 0.29) is 6.42 Å². The van der Waals surface area contributed by atoms with Crippen molar-refractivity contribution in [3.05, 3.63) is 51.7 Å². The van der Waals surface area contributed by atoms with E-state index in [4.69, 9.17) is 15.0 Å². The smallest absolute Gasteiger partial charge is 0.314 e. The van der Waals surface area contributed by atoms with Gasteiger partial charge >= 0.3 is 5.97 Å². The van der Waals surface area contributed by atoms with Crippen LogP contribution < -0.4 is 4.74 Å². The van der Waals surface area contributed by atoms with E-state index >= 15 is 0 Å². The second kappa shape index (κ2) is 6.64. The molecule has 1 aromatic heterocycles. The number of aromatic nitrogens is 2. The highest BCUT2D eigenvalue weighted by Crippen LogP contribution is 2.29. The van der Waals surface area contributed by atoms with Gasteiger partial charge in [-0.25, -0.2) is 4.68 Å². The van der Waals surface area contributed by atoms with Crippen LogP contribution in [-0.2, 0) is 28.8 Å². The summed E-state index contributed by atoms with van der Waals surface area (Å²) in [7, 11) is 2.92. The summed E-state index contributed by atoms with van der Waals surface area (Å²) in [6.45, 7) is 0. The number of rotatable bonds is 5. The Morgan fingerprint density at radius 2 is 2.29 bits per heavy atom. The van der Waals surface area contributed by atoms with Crippen LogP contribution in [0.15, 0.2) is 29.5 Å². The molecule has 0 amide bonds. The Morgan fingerprint density at radius 3 is 3.00 bits per heavy atom. The largest absolute Gasteiger partial charge is 0.497 e. The zero-order chi connectivity index (χ0) is 17.1. The molecule has 0 fully saturated rings. The number of methoxy groups -OCH3 is 2. The summed E-state index contributed by atoms with van der Waals surface area (Å²) in [5, 5.41) is 7.98. The molecule has 24 heavy (non-hydrogen) atoms. The lowest BCUT2D eigenvalue weighted by molar-refractivity contribution is -0.142. The summed E-state index contributed by atoms with van der Waals surface area (Å²) in [5.74, 6) is 0.271. The van der Waals surface area contributed by atoms with E-state index in [0.29, 0.717) is 0 Å². The highest BCUT2D eigenvalue weighted by Gasteiger charge is 2.25. The first-order chi connectivity index (χ1) is 11.7. The monoisotopic (exact) mass is 327 g/mol. The number of carbonyl (C=O) groups excluding carboxylic acids is 1. The minimum absolute atomic E-state index is 0.275. The lowest BCUT2D eigenvalue weighted by Crippen LogP contribution is -2.23. The molecular formula is C16H17N5O3. The van der Waals surface area contributed by atoms with Crippen molar-refractivity contribution in [2.45, 2.75) is 25.3 Å². The van der Waals surface area contributed by atoms with Crippen molar-refractivity contribution in [3.63, 3.8) is 0 Å². The van der Waals surface area contributed by atoms with Gasteiger partial charge in [0.2, 0.25) is 0 Å². The summed E-state index contributed by atoms with van der Waals surface area (Å²) in [4.78, 5) is 14.5. The minimum atomic E-state index is -0.883. The Kier molecular flexibility index (Phi) is 4.39. The van der Waals surface area contributed by atoms with Crippen LogP contribution in [0.25, 0.3) is 16.1 Å². The predicted octanol–water partition coefficient (Wildman–Crippen LogP) is 2.37. The average molecular weight is 327 g/mol. The first kappa shape index (κ1) is 15.9. The summed E-state index contributed by atoms with van der Waals surface area (Å²) < 4.78 is 11.8. The lowest BCUT2D eigenvalue weighted by Gasteiger charge is -2.20. The number of hydrogen-bond acceptors (Lipinski definition) is 5. The van der Waals surface area contributed by atoms with E-state index in [2.05, 4.69) is 15.1 Å². The fourth-order valence-corrected chi connectivity index (χ4v) is 2.98. The molecule has 1 aliphatic rings. The van der Waals surface area contributed by atoms with Crippen LogP contribution in [0.5, 0.6) is 5.75 Å². The third-order valence-electron chi connectivity index (χ3n) is 4.18. The van der Waals surface area contributed by atoms with Gasteiger partial charge < -0.3 is 9.47 Å². The fourth-order valence-electron chi connectivity index (χ4n) is 2.98. The summed E-state index contributed by atoms with van der Waals surface area (Å²) in [6.07, 6.45) is 3.64. The van der Waals surface area contributed by atoms with Crippen molar-refractivity contribution in [3.8, 4) is 11.4 Å². The van der Waals surface area contributed by atoms with E-state index in [1.807, 2.05) is 22.9 Å². The quantitative estimate of drug-likeness (QED) is 0.364. The van der Waals surface area contributed by atoms with Crippen molar-refractivity contribution in [2.75, 3.05) is 14.2 Å². The maximum Gasteiger partial charge on any atom is 0.314 e. The lowest BCUT2D eigenvalue weighted by atomic mass is 9.97. The Labute approximate surface area is 138 Å². The van der Waals surface area contributed by atoms with Gasteiger partial charge in [0.05, 0.1) is 26.1 Å². The van der Waals surface area contributed by atoms with Crippen molar-refractivity contribution in [2.24, 2.45) is 5.11 Å². The molecule has 1 aromatic carbocycles. The van der Waals surface area contributed by atoms with E-state index in [9.17, 15) is 4.79 Å². The number of benzene rings is 1. The first-order valence-corrected chi connectivity index (χ1v) is 7.53. The SMILES string of the molecule is COC(=O)C(Cc1cnn2c1CCc1cc(OC)ccc1-2)N=[N+]=[N-].